The molecule has 3 rings (SSSR count). The van der Waals surface area contributed by atoms with Crippen LogP contribution in [0.2, 0.25) is 0 Å². The lowest BCUT2D eigenvalue weighted by atomic mass is 10.0. The fourth-order valence-electron chi connectivity index (χ4n) is 3.00. The molecule has 1 saturated heterocycles. The van der Waals surface area contributed by atoms with E-state index in [9.17, 15) is 29.1 Å². The second-order valence-electron chi connectivity index (χ2n) is 6.35. The van der Waals surface area contributed by atoms with Crippen LogP contribution in [0.25, 0.3) is 0 Å². The average Bonchev–Trinajstić information content (AvgIpc) is 3.33. The molecule has 2 aliphatic rings. The Hall–Kier alpha value is -2.58. The number of carboxylic acid groups (broad SMARTS) is 1. The van der Waals surface area contributed by atoms with Gasteiger partial charge in [-0.2, -0.15) is 0 Å². The first-order chi connectivity index (χ1) is 15.3. The molecular weight excluding hydrogens is 530 g/mol. The molecule has 0 saturated carbocycles. The molecule has 2 amide bonds. The number of carboxylic acids is 1. The van der Waals surface area contributed by atoms with Gasteiger partial charge in [0.1, 0.15) is 24.2 Å². The Labute approximate surface area is 198 Å². The maximum Gasteiger partial charge on any atom is 0.352 e. The number of hydrogen-bond donors (Lipinski definition) is 2. The van der Waals surface area contributed by atoms with Crippen LogP contribution in [0.5, 0.6) is 0 Å². The molecule has 2 aliphatic heterocycles. The van der Waals surface area contributed by atoms with Crippen LogP contribution in [-0.4, -0.2) is 79.8 Å². The zero-order valence-corrected chi connectivity index (χ0v) is 19.6. The number of β-lactam (4-membered cyclic amide) rings is 1. The highest BCUT2D eigenvalue weighted by Crippen LogP contribution is 2.41. The number of halogens is 1. The van der Waals surface area contributed by atoms with E-state index in [1.54, 1.807) is 6.07 Å². The summed E-state index contributed by atoms with van der Waals surface area (Å²) in [7, 11) is 1.17. The standard InChI is InChI=1S/C18H16BrN3O8S2/c1-29-21-11(9(23)5-19)14(24)20-12-15(25)22-13(17(26)27)8(6-31-16(12)22)7-32-18(28)10-3-2-4-30-10/h2-4,12,16H,5-7H2,1H3,(H,20,24)(H,26,27)/b21-11+/t12?,16-/m1/s1. The Kier molecular flexibility index (Phi) is 7.79. The van der Waals surface area contributed by atoms with E-state index >= 15 is 0 Å². The summed E-state index contributed by atoms with van der Waals surface area (Å²) in [4.78, 5) is 66.5. The van der Waals surface area contributed by atoms with Gasteiger partial charge in [-0.3, -0.25) is 24.1 Å². The highest BCUT2D eigenvalue weighted by atomic mass is 79.9. The average molecular weight is 546 g/mol. The summed E-state index contributed by atoms with van der Waals surface area (Å²) in [6.07, 6.45) is 1.36. The summed E-state index contributed by atoms with van der Waals surface area (Å²) < 4.78 is 5.03. The summed E-state index contributed by atoms with van der Waals surface area (Å²) in [6.45, 7) is 0. The molecule has 1 aromatic rings. The number of carbonyl (C=O) groups is 5. The molecule has 1 aromatic heterocycles. The van der Waals surface area contributed by atoms with Gasteiger partial charge in [0.05, 0.1) is 11.6 Å². The first-order valence-electron chi connectivity index (χ1n) is 8.92. The van der Waals surface area contributed by atoms with Crippen LogP contribution in [0.4, 0.5) is 0 Å². The molecule has 170 valence electrons. The van der Waals surface area contributed by atoms with Crippen molar-refractivity contribution in [1.82, 2.24) is 10.2 Å². The largest absolute Gasteiger partial charge is 0.477 e. The van der Waals surface area contributed by atoms with Crippen molar-refractivity contribution in [3.05, 3.63) is 35.4 Å². The number of fused-ring (bicyclic) bond motifs is 1. The van der Waals surface area contributed by atoms with Gasteiger partial charge in [-0.1, -0.05) is 32.8 Å². The molecule has 0 aromatic carbocycles. The van der Waals surface area contributed by atoms with E-state index in [1.807, 2.05) is 0 Å². The minimum atomic E-state index is -1.31. The van der Waals surface area contributed by atoms with E-state index in [1.165, 1.54) is 31.2 Å². The van der Waals surface area contributed by atoms with Crippen LogP contribution in [0.1, 0.15) is 10.6 Å². The molecule has 1 fully saturated rings. The van der Waals surface area contributed by atoms with E-state index in [4.69, 9.17) is 4.42 Å². The third kappa shape index (κ3) is 4.76. The smallest absolute Gasteiger partial charge is 0.352 e. The van der Waals surface area contributed by atoms with Crippen molar-refractivity contribution >= 4 is 73.8 Å². The van der Waals surface area contributed by atoms with Crippen LogP contribution in [0, 0.1) is 0 Å². The number of furan rings is 1. The summed E-state index contributed by atoms with van der Waals surface area (Å²) in [5.74, 6) is -3.06. The first-order valence-corrected chi connectivity index (χ1v) is 12.1. The summed E-state index contributed by atoms with van der Waals surface area (Å²) in [6, 6.07) is 2.03. The van der Waals surface area contributed by atoms with Crippen LogP contribution < -0.4 is 5.32 Å². The third-order valence-corrected chi connectivity index (χ3v) is 7.22. The number of carbonyl (C=O) groups excluding carboxylic acids is 4. The summed E-state index contributed by atoms with van der Waals surface area (Å²) >= 11 is 5.05. The Bertz CT molecular complexity index is 1020. The fourth-order valence-corrected chi connectivity index (χ4v) is 5.54. The second kappa shape index (κ2) is 10.4. The van der Waals surface area contributed by atoms with E-state index in [0.717, 1.165) is 16.7 Å². The van der Waals surface area contributed by atoms with Crippen molar-refractivity contribution in [3.63, 3.8) is 0 Å². The fraction of sp³-hybridized carbons (Fsp3) is 0.333. The molecule has 3 heterocycles. The van der Waals surface area contributed by atoms with E-state index < -0.39 is 40.7 Å². The predicted molar refractivity (Wildman–Crippen MR) is 118 cm³/mol. The van der Waals surface area contributed by atoms with Gasteiger partial charge in [-0.15, -0.1) is 11.8 Å². The maximum absolute atomic E-state index is 12.7. The van der Waals surface area contributed by atoms with Crippen molar-refractivity contribution in [2.75, 3.05) is 23.9 Å². The SMILES string of the molecule is CO/N=C(\C(=O)CBr)C(=O)NC1C(=O)N2C(C(=O)O)=C(CSC(=O)c3ccco3)CS[C@H]12. The lowest BCUT2D eigenvalue weighted by molar-refractivity contribution is -0.150. The zero-order valence-electron chi connectivity index (χ0n) is 16.4. The molecule has 14 heteroatoms. The van der Waals surface area contributed by atoms with Gasteiger partial charge in [0.15, 0.2) is 5.76 Å². The van der Waals surface area contributed by atoms with E-state index in [2.05, 4.69) is 31.2 Å². The molecular formula is C18H16BrN3O8S2. The summed E-state index contributed by atoms with van der Waals surface area (Å²) in [5.41, 5.74) is -0.330. The zero-order chi connectivity index (χ0) is 23.4. The number of hydrogen-bond acceptors (Lipinski definition) is 10. The van der Waals surface area contributed by atoms with Crippen LogP contribution >= 0.6 is 39.5 Å². The summed E-state index contributed by atoms with van der Waals surface area (Å²) in [5, 5.41) is 14.3. The van der Waals surface area contributed by atoms with Gasteiger partial charge in [0, 0.05) is 11.5 Å². The topological polar surface area (TPSA) is 156 Å². The van der Waals surface area contributed by atoms with Crippen LogP contribution in [0.3, 0.4) is 0 Å². The molecule has 0 radical (unpaired) electrons. The molecule has 2 N–H and O–H groups in total. The Morgan fingerprint density at radius 2 is 2.19 bits per heavy atom. The van der Waals surface area contributed by atoms with Gasteiger partial charge in [-0.05, 0) is 17.7 Å². The minimum Gasteiger partial charge on any atom is -0.477 e. The number of oxime groups is 1. The number of nitrogens with zero attached hydrogens (tertiary/aromatic N) is 2. The highest BCUT2D eigenvalue weighted by Gasteiger charge is 2.54. The monoisotopic (exact) mass is 545 g/mol. The molecule has 32 heavy (non-hydrogen) atoms. The lowest BCUT2D eigenvalue weighted by Gasteiger charge is -2.49. The van der Waals surface area contributed by atoms with Crippen LogP contribution in [-0.2, 0) is 24.0 Å². The number of nitrogens with one attached hydrogen (secondary N) is 1. The molecule has 11 nitrogen and oxygen atoms in total. The van der Waals surface area contributed by atoms with Crippen molar-refractivity contribution in [1.29, 1.82) is 0 Å². The number of rotatable bonds is 9. The van der Waals surface area contributed by atoms with Crippen LogP contribution in [0.15, 0.2) is 39.2 Å². The number of Topliss-reactive ketones (excluding diaryl/α,β-unsaturated/α-hetero) is 1. The molecule has 0 spiro atoms. The third-order valence-electron chi connectivity index (χ3n) is 4.42. The second-order valence-corrected chi connectivity index (χ2v) is 8.96. The number of ketones is 1. The molecule has 0 bridgehead atoms. The van der Waals surface area contributed by atoms with Crippen molar-refractivity contribution < 1.29 is 38.3 Å². The Morgan fingerprint density at radius 1 is 1.44 bits per heavy atom. The lowest BCUT2D eigenvalue weighted by Crippen LogP contribution is -2.71. The minimum absolute atomic E-state index is 0.0616. The molecule has 0 aliphatic carbocycles. The van der Waals surface area contributed by atoms with Gasteiger partial charge < -0.3 is 19.7 Å². The van der Waals surface area contributed by atoms with Gasteiger partial charge >= 0.3 is 5.97 Å². The van der Waals surface area contributed by atoms with Crippen molar-refractivity contribution in [2.24, 2.45) is 5.16 Å². The number of thioether (sulfide) groups is 2. The Balaban J connectivity index is 1.73. The maximum atomic E-state index is 12.7. The van der Waals surface area contributed by atoms with E-state index in [0.29, 0.717) is 5.57 Å². The number of aliphatic carboxylic acids is 1. The normalized spacial score (nSPS) is 20.4. The van der Waals surface area contributed by atoms with Crippen molar-refractivity contribution in [3.8, 4) is 0 Å². The van der Waals surface area contributed by atoms with E-state index in [-0.39, 0.29) is 33.4 Å². The number of alkyl halides is 1. The van der Waals surface area contributed by atoms with Gasteiger partial charge in [0.25, 0.3) is 16.9 Å². The number of amides is 2. The highest BCUT2D eigenvalue weighted by molar-refractivity contribution is 9.09. The first kappa shape index (κ1) is 24.1. The molecule has 1 unspecified atom stereocenters. The quantitative estimate of drug-likeness (QED) is 0.150. The van der Waals surface area contributed by atoms with Crippen molar-refractivity contribution in [2.45, 2.75) is 11.4 Å². The van der Waals surface area contributed by atoms with Gasteiger partial charge in [-0.25, -0.2) is 4.79 Å². The Morgan fingerprint density at radius 3 is 2.78 bits per heavy atom. The molecule has 2 atom stereocenters. The van der Waals surface area contributed by atoms with Gasteiger partial charge in [0.2, 0.25) is 11.5 Å². The predicted octanol–water partition coefficient (Wildman–Crippen LogP) is 0.858.